The van der Waals surface area contributed by atoms with Gasteiger partial charge >= 0.3 is 0 Å². The normalized spacial score (nSPS) is 46.8. The largest absolute Gasteiger partial charge is 0.390 e. The molecule has 5 atom stereocenters. The minimum atomic E-state index is -1.76. The first-order chi connectivity index (χ1) is 5.95. The lowest BCUT2D eigenvalue weighted by molar-refractivity contribution is -0.255. The quantitative estimate of drug-likeness (QED) is 0.377. The molecule has 1 aliphatic heterocycles. The lowest BCUT2D eigenvalue weighted by Gasteiger charge is -2.40. The highest BCUT2D eigenvalue weighted by Gasteiger charge is 2.42. The maximum absolute atomic E-state index is 9.48. The summed E-state index contributed by atoms with van der Waals surface area (Å²) in [6, 6.07) is 0. The van der Waals surface area contributed by atoms with Crippen LogP contribution in [0, 0.1) is 5.92 Å². The molecule has 0 aromatic rings. The highest BCUT2D eigenvalue weighted by Crippen LogP contribution is 2.26. The maximum atomic E-state index is 9.48. The summed E-state index contributed by atoms with van der Waals surface area (Å²) in [5, 5.41) is 36.5. The highest BCUT2D eigenvalue weighted by molar-refractivity contribution is 4.89. The van der Waals surface area contributed by atoms with E-state index in [1.165, 1.54) is 0 Å². The molecule has 0 saturated carbocycles. The van der Waals surface area contributed by atoms with Gasteiger partial charge in [0, 0.05) is 5.92 Å². The average Bonchev–Trinajstić information content (AvgIpc) is 2.07. The van der Waals surface area contributed by atoms with Crippen LogP contribution < -0.4 is 0 Å². The third-order valence-electron chi connectivity index (χ3n) is 2.63. The van der Waals surface area contributed by atoms with Crippen molar-refractivity contribution < 1.29 is 25.2 Å². The van der Waals surface area contributed by atoms with Crippen molar-refractivity contribution in [2.75, 3.05) is 0 Å². The molecular formula is C8H16O5. The van der Waals surface area contributed by atoms with Gasteiger partial charge in [0.2, 0.25) is 0 Å². The summed E-state index contributed by atoms with van der Waals surface area (Å²) >= 11 is 0. The highest BCUT2D eigenvalue weighted by atomic mass is 16.6. The summed E-state index contributed by atoms with van der Waals surface area (Å²) in [6.45, 7) is 3.45. The first kappa shape index (κ1) is 10.9. The van der Waals surface area contributed by atoms with E-state index in [-0.39, 0.29) is 12.0 Å². The molecule has 0 amide bonds. The summed E-state index contributed by atoms with van der Waals surface area (Å²) in [5.41, 5.74) is 0. The summed E-state index contributed by atoms with van der Waals surface area (Å²) in [5.74, 6) is -0.218. The van der Waals surface area contributed by atoms with Crippen LogP contribution in [-0.4, -0.2) is 51.1 Å². The van der Waals surface area contributed by atoms with Crippen LogP contribution in [0.1, 0.15) is 13.8 Å². The molecule has 0 spiro atoms. The predicted octanol–water partition coefficient (Wildman–Crippen LogP) is -1.56. The van der Waals surface area contributed by atoms with Gasteiger partial charge in [-0.15, -0.1) is 0 Å². The number of aliphatic hydroxyl groups excluding tert-OH is 3. The van der Waals surface area contributed by atoms with E-state index in [4.69, 9.17) is 14.9 Å². The van der Waals surface area contributed by atoms with E-state index < -0.39 is 24.6 Å². The van der Waals surface area contributed by atoms with Crippen LogP contribution in [0.5, 0.6) is 0 Å². The van der Waals surface area contributed by atoms with Gasteiger partial charge in [0.25, 0.3) is 0 Å². The number of ether oxygens (including phenoxy) is 1. The minimum absolute atomic E-state index is 0.218. The Morgan fingerprint density at radius 2 is 1.62 bits per heavy atom. The van der Waals surface area contributed by atoms with Crippen molar-refractivity contribution in [1.82, 2.24) is 0 Å². The van der Waals surface area contributed by atoms with Crippen molar-refractivity contribution in [3.63, 3.8) is 0 Å². The van der Waals surface area contributed by atoms with Crippen molar-refractivity contribution in [1.29, 1.82) is 0 Å². The van der Waals surface area contributed by atoms with E-state index in [2.05, 4.69) is 0 Å². The van der Waals surface area contributed by atoms with Gasteiger partial charge in [0.1, 0.15) is 12.2 Å². The van der Waals surface area contributed by atoms with Crippen molar-refractivity contribution in [2.45, 2.75) is 44.6 Å². The van der Waals surface area contributed by atoms with E-state index in [9.17, 15) is 10.2 Å². The van der Waals surface area contributed by atoms with Gasteiger partial charge in [0.05, 0.1) is 12.2 Å². The molecule has 78 valence electrons. The fraction of sp³-hybridized carbons (Fsp3) is 1.00. The van der Waals surface area contributed by atoms with Gasteiger partial charge in [-0.05, 0) is 6.92 Å². The third kappa shape index (κ3) is 2.00. The molecule has 0 aliphatic carbocycles. The second-order valence-corrected chi connectivity index (χ2v) is 3.56. The average molecular weight is 192 g/mol. The number of hydrogen-bond donors (Lipinski definition) is 4. The van der Waals surface area contributed by atoms with E-state index in [1.807, 2.05) is 0 Å². The van der Waals surface area contributed by atoms with Crippen molar-refractivity contribution in [2.24, 2.45) is 5.92 Å². The van der Waals surface area contributed by atoms with Gasteiger partial charge in [-0.1, -0.05) is 6.92 Å². The summed E-state index contributed by atoms with van der Waals surface area (Å²) < 4.78 is 5.13. The van der Waals surface area contributed by atoms with E-state index in [0.717, 1.165) is 0 Å². The number of aliphatic hydroxyl groups is 4. The molecule has 13 heavy (non-hydrogen) atoms. The molecule has 0 bridgehead atoms. The second kappa shape index (κ2) is 3.89. The Balaban J connectivity index is 2.70. The Hall–Kier alpha value is -0.200. The maximum Gasteiger partial charge on any atom is 0.181 e. The van der Waals surface area contributed by atoms with E-state index in [0.29, 0.717) is 0 Å². The van der Waals surface area contributed by atoms with Crippen LogP contribution in [0.4, 0.5) is 0 Å². The van der Waals surface area contributed by atoms with Crippen LogP contribution in [0.25, 0.3) is 0 Å². The molecule has 5 heteroatoms. The first-order valence-electron chi connectivity index (χ1n) is 4.33. The summed E-state index contributed by atoms with van der Waals surface area (Å²) in [4.78, 5) is 0. The topological polar surface area (TPSA) is 90.2 Å². The molecule has 1 aliphatic rings. The minimum Gasteiger partial charge on any atom is -0.390 e. The molecular weight excluding hydrogens is 176 g/mol. The molecule has 1 saturated heterocycles. The molecule has 0 aromatic carbocycles. The van der Waals surface area contributed by atoms with Crippen molar-refractivity contribution >= 4 is 0 Å². The Bertz CT molecular complexity index is 172. The van der Waals surface area contributed by atoms with Crippen molar-refractivity contribution in [3.05, 3.63) is 0 Å². The zero-order valence-corrected chi connectivity index (χ0v) is 7.66. The molecule has 4 N–H and O–H groups in total. The Morgan fingerprint density at radius 3 is 2.08 bits per heavy atom. The number of hydrogen-bond acceptors (Lipinski definition) is 5. The number of rotatable bonds is 1. The Morgan fingerprint density at radius 1 is 1.08 bits per heavy atom. The fourth-order valence-electron chi connectivity index (χ4n) is 1.48. The summed E-state index contributed by atoms with van der Waals surface area (Å²) in [6.07, 6.45) is -5.41. The molecule has 1 heterocycles. The molecule has 1 fully saturated rings. The fourth-order valence-corrected chi connectivity index (χ4v) is 1.48. The van der Waals surface area contributed by atoms with E-state index in [1.54, 1.807) is 13.8 Å². The zero-order valence-electron chi connectivity index (χ0n) is 7.66. The Kier molecular flexibility index (Phi) is 3.26. The molecule has 5 nitrogen and oxygen atoms in total. The van der Waals surface area contributed by atoms with E-state index >= 15 is 0 Å². The zero-order chi connectivity index (χ0) is 10.2. The molecule has 0 aromatic heterocycles. The van der Waals surface area contributed by atoms with Gasteiger partial charge in [0.15, 0.2) is 6.29 Å². The lowest BCUT2D eigenvalue weighted by atomic mass is 9.88. The monoisotopic (exact) mass is 192 g/mol. The molecule has 1 rings (SSSR count). The van der Waals surface area contributed by atoms with Crippen LogP contribution in [0.15, 0.2) is 0 Å². The predicted molar refractivity (Wildman–Crippen MR) is 43.7 cm³/mol. The summed E-state index contributed by atoms with van der Waals surface area (Å²) in [7, 11) is 0. The first-order valence-corrected chi connectivity index (χ1v) is 4.33. The van der Waals surface area contributed by atoms with Crippen molar-refractivity contribution in [3.8, 4) is 0 Å². The van der Waals surface area contributed by atoms with Crippen LogP contribution in [-0.2, 0) is 4.74 Å². The SMILES string of the molecule is C[C@@H]1OC(C(O)O)C(O)C(O)[C@H]1C. The molecule has 3 unspecified atom stereocenters. The third-order valence-corrected chi connectivity index (χ3v) is 2.63. The van der Waals surface area contributed by atoms with Gasteiger partial charge in [-0.2, -0.15) is 0 Å². The van der Waals surface area contributed by atoms with Gasteiger partial charge in [-0.3, -0.25) is 0 Å². The Labute approximate surface area is 76.6 Å². The van der Waals surface area contributed by atoms with Gasteiger partial charge in [-0.25, -0.2) is 0 Å². The lowest BCUT2D eigenvalue weighted by Crippen LogP contribution is -2.56. The van der Waals surface area contributed by atoms with Crippen LogP contribution in [0.2, 0.25) is 0 Å². The second-order valence-electron chi connectivity index (χ2n) is 3.56. The van der Waals surface area contributed by atoms with Gasteiger partial charge < -0.3 is 25.2 Å². The van der Waals surface area contributed by atoms with Crippen LogP contribution in [0.3, 0.4) is 0 Å². The standard InChI is InChI=1S/C8H16O5/c1-3-4(2)13-7(8(11)12)6(10)5(3)9/h3-12H,1-2H3/t3-,4-,5?,6?,7?/m0/s1. The van der Waals surface area contributed by atoms with Crippen LogP contribution >= 0.6 is 0 Å². The molecule has 0 radical (unpaired) electrons. The smallest absolute Gasteiger partial charge is 0.181 e.